The number of aromatic carboxylic acids is 1. The molecule has 1 amide bonds. The Labute approximate surface area is 171 Å². The quantitative estimate of drug-likeness (QED) is 0.219. The zero-order chi connectivity index (χ0) is 21.4. The molecule has 156 valence electrons. The van der Waals surface area contributed by atoms with Gasteiger partial charge in [-0.2, -0.15) is 0 Å². The van der Waals surface area contributed by atoms with Gasteiger partial charge in [-0.25, -0.2) is 9.48 Å². The number of carboxylic acids is 1. The Morgan fingerprint density at radius 1 is 1.40 bits per heavy atom. The average Bonchev–Trinajstić information content (AvgIpc) is 3.07. The first-order valence-corrected chi connectivity index (χ1v) is 9.30. The zero-order valence-electron chi connectivity index (χ0n) is 15.9. The Morgan fingerprint density at radius 3 is 2.87 bits per heavy atom. The van der Waals surface area contributed by atoms with Crippen molar-refractivity contribution in [2.45, 2.75) is 24.8 Å². The number of nitrogens with one attached hydrogen (secondary N) is 2. The number of guanidine groups is 1. The van der Waals surface area contributed by atoms with E-state index in [9.17, 15) is 19.7 Å². The van der Waals surface area contributed by atoms with Crippen molar-refractivity contribution in [3.05, 3.63) is 41.2 Å². The first-order chi connectivity index (χ1) is 14.3. The van der Waals surface area contributed by atoms with Gasteiger partial charge in [-0.3, -0.25) is 10.2 Å². The summed E-state index contributed by atoms with van der Waals surface area (Å²) in [7, 11) is -1.37. The number of carbonyl (C=O) groups excluding carboxylic acids is 1. The van der Waals surface area contributed by atoms with Crippen molar-refractivity contribution >= 4 is 25.0 Å². The van der Waals surface area contributed by atoms with E-state index in [1.54, 1.807) is 23.2 Å². The second-order valence-corrected chi connectivity index (χ2v) is 7.31. The normalized spacial score (nSPS) is 18.2. The first kappa shape index (κ1) is 19.7. The van der Waals surface area contributed by atoms with Crippen LogP contribution in [-0.4, -0.2) is 74.0 Å². The summed E-state index contributed by atoms with van der Waals surface area (Å²) in [5.41, 5.74) is 6.69. The van der Waals surface area contributed by atoms with Crippen LogP contribution in [0.5, 0.6) is 5.75 Å². The van der Waals surface area contributed by atoms with E-state index in [1.165, 1.54) is 10.7 Å². The molecule has 0 bridgehead atoms. The number of nitrogens with zero attached hydrogens (tertiary/aromatic N) is 4. The van der Waals surface area contributed by atoms with Crippen LogP contribution in [0.4, 0.5) is 0 Å². The molecule has 13 heteroatoms. The van der Waals surface area contributed by atoms with Gasteiger partial charge in [0.05, 0.1) is 17.2 Å². The van der Waals surface area contributed by atoms with Gasteiger partial charge in [0, 0.05) is 25.2 Å². The van der Waals surface area contributed by atoms with Gasteiger partial charge in [0.2, 0.25) is 5.91 Å². The molecule has 2 aliphatic rings. The van der Waals surface area contributed by atoms with Crippen LogP contribution in [0, 0.1) is 5.41 Å². The molecule has 0 aliphatic carbocycles. The first-order valence-electron chi connectivity index (χ1n) is 9.30. The highest BCUT2D eigenvalue weighted by Gasteiger charge is 2.38. The molecule has 0 saturated carbocycles. The third-order valence-corrected chi connectivity index (χ3v) is 5.20. The third-order valence-electron chi connectivity index (χ3n) is 5.20. The second kappa shape index (κ2) is 7.67. The average molecular weight is 413 g/mol. The Hall–Kier alpha value is -3.61. The van der Waals surface area contributed by atoms with E-state index in [0.717, 1.165) is 5.69 Å². The fourth-order valence-electron chi connectivity index (χ4n) is 3.56. The maximum atomic E-state index is 12.4. The Morgan fingerprint density at radius 2 is 2.17 bits per heavy atom. The van der Waals surface area contributed by atoms with Gasteiger partial charge in [0.15, 0.2) is 5.96 Å². The van der Waals surface area contributed by atoms with Crippen molar-refractivity contribution in [3.63, 3.8) is 0 Å². The molecule has 1 saturated heterocycles. The largest absolute Gasteiger partial charge is 0.547 e. The van der Waals surface area contributed by atoms with Crippen molar-refractivity contribution in [2.24, 2.45) is 5.73 Å². The highest BCUT2D eigenvalue weighted by molar-refractivity contribution is 6.47. The zero-order valence-corrected chi connectivity index (χ0v) is 15.9. The summed E-state index contributed by atoms with van der Waals surface area (Å²) in [5.74, 6) is -2.03. The van der Waals surface area contributed by atoms with Crippen LogP contribution >= 0.6 is 0 Å². The van der Waals surface area contributed by atoms with E-state index >= 15 is 0 Å². The molecule has 2 aliphatic heterocycles. The lowest BCUT2D eigenvalue weighted by atomic mass is 9.72. The molecule has 12 nitrogen and oxygen atoms in total. The van der Waals surface area contributed by atoms with Gasteiger partial charge in [0.25, 0.3) is 0 Å². The van der Waals surface area contributed by atoms with Crippen LogP contribution in [0.2, 0.25) is 0 Å². The molecule has 0 unspecified atom stereocenters. The third kappa shape index (κ3) is 3.78. The second-order valence-electron chi connectivity index (χ2n) is 7.31. The molecule has 3 heterocycles. The number of amides is 1. The number of hydrogen-bond donors (Lipinski definition) is 5. The summed E-state index contributed by atoms with van der Waals surface area (Å²) in [5, 5.41) is 37.5. The van der Waals surface area contributed by atoms with E-state index < -0.39 is 24.9 Å². The lowest BCUT2D eigenvalue weighted by Crippen LogP contribution is -2.53. The predicted octanol–water partition coefficient (Wildman–Crippen LogP) is -1.59. The molecule has 0 spiro atoms. The van der Waals surface area contributed by atoms with E-state index in [1.807, 2.05) is 0 Å². The van der Waals surface area contributed by atoms with Crippen LogP contribution in [-0.2, 0) is 17.8 Å². The summed E-state index contributed by atoms with van der Waals surface area (Å²) >= 11 is 0. The standard InChI is InChI=1S/C17H20BN7O5/c19-17(20)24-5-10(6-24)12-7-25(23-22-12)8-14(26)21-13-4-9-2-1-3-11(16(27)28)15(9)30-18(13)29/h1-3,7,10,13,29H,4-6,8H2,(H3,19,20)(H,21,26)(H,27,28)/t13-/m0/s1. The molecule has 2 aromatic rings. The van der Waals surface area contributed by atoms with Gasteiger partial charge in [-0.1, -0.05) is 17.3 Å². The van der Waals surface area contributed by atoms with Gasteiger partial charge in [0.1, 0.15) is 12.3 Å². The number of fused-ring (bicyclic) bond motifs is 1. The van der Waals surface area contributed by atoms with Crippen molar-refractivity contribution in [1.29, 1.82) is 5.41 Å². The van der Waals surface area contributed by atoms with Crippen LogP contribution < -0.4 is 15.7 Å². The van der Waals surface area contributed by atoms with Crippen molar-refractivity contribution in [1.82, 2.24) is 25.2 Å². The van der Waals surface area contributed by atoms with Crippen molar-refractivity contribution < 1.29 is 24.4 Å². The summed E-state index contributed by atoms with van der Waals surface area (Å²) in [6, 6.07) is 4.68. The molecular weight excluding hydrogens is 393 g/mol. The highest BCUT2D eigenvalue weighted by Crippen LogP contribution is 2.30. The fourth-order valence-corrected chi connectivity index (χ4v) is 3.56. The number of aromatic nitrogens is 3. The Kier molecular flexibility index (Phi) is 5.04. The maximum Gasteiger partial charge on any atom is 0.547 e. The number of para-hydroxylation sites is 1. The maximum absolute atomic E-state index is 12.4. The van der Waals surface area contributed by atoms with Crippen LogP contribution in [0.15, 0.2) is 24.4 Å². The van der Waals surface area contributed by atoms with Crippen molar-refractivity contribution in [3.8, 4) is 5.75 Å². The number of likely N-dealkylation sites (tertiary alicyclic amines) is 1. The van der Waals surface area contributed by atoms with E-state index in [2.05, 4.69) is 15.6 Å². The Balaban J connectivity index is 1.35. The number of nitrogens with two attached hydrogens (primary N) is 1. The minimum Gasteiger partial charge on any atom is -0.534 e. The lowest BCUT2D eigenvalue weighted by molar-refractivity contribution is -0.122. The monoisotopic (exact) mass is 413 g/mol. The van der Waals surface area contributed by atoms with Crippen LogP contribution in [0.3, 0.4) is 0 Å². The summed E-state index contributed by atoms with van der Waals surface area (Å²) in [4.78, 5) is 25.4. The fraction of sp³-hybridized carbons (Fsp3) is 0.353. The summed E-state index contributed by atoms with van der Waals surface area (Å²) in [6.07, 6.45) is 1.90. The topological polar surface area (TPSA) is 180 Å². The summed E-state index contributed by atoms with van der Waals surface area (Å²) in [6.45, 7) is 1.08. The molecule has 30 heavy (non-hydrogen) atoms. The van der Waals surface area contributed by atoms with E-state index in [-0.39, 0.29) is 36.2 Å². The minimum atomic E-state index is -1.37. The predicted molar refractivity (Wildman–Crippen MR) is 104 cm³/mol. The van der Waals surface area contributed by atoms with E-state index in [0.29, 0.717) is 18.7 Å². The van der Waals surface area contributed by atoms with Crippen molar-refractivity contribution in [2.75, 3.05) is 13.1 Å². The summed E-state index contributed by atoms with van der Waals surface area (Å²) < 4.78 is 6.76. The smallest absolute Gasteiger partial charge is 0.534 e. The minimum absolute atomic E-state index is 0.0170. The molecule has 1 fully saturated rings. The van der Waals surface area contributed by atoms with Crippen LogP contribution in [0.1, 0.15) is 27.5 Å². The molecule has 1 atom stereocenters. The SMILES string of the molecule is N=C(N)N1CC(c2cn(CC(=O)N[C@H]3Cc4cccc(C(=O)O)c4OB3O)nn2)C1. The number of benzene rings is 1. The molecule has 1 aromatic carbocycles. The Bertz CT molecular complexity index is 1010. The van der Waals surface area contributed by atoms with Gasteiger partial charge in [-0.15, -0.1) is 5.10 Å². The number of rotatable bonds is 5. The van der Waals surface area contributed by atoms with Gasteiger partial charge < -0.3 is 30.7 Å². The van der Waals surface area contributed by atoms with Gasteiger partial charge in [-0.05, 0) is 18.1 Å². The molecular formula is C17H20BN7O5. The van der Waals surface area contributed by atoms with E-state index in [4.69, 9.17) is 15.8 Å². The van der Waals surface area contributed by atoms with Crippen LogP contribution in [0.25, 0.3) is 0 Å². The lowest BCUT2D eigenvalue weighted by Gasteiger charge is -2.38. The number of carbonyl (C=O) groups is 2. The number of hydrogen-bond acceptors (Lipinski definition) is 7. The van der Waals surface area contributed by atoms with Gasteiger partial charge >= 0.3 is 13.1 Å². The molecule has 4 rings (SSSR count). The molecule has 0 radical (unpaired) electrons. The number of carboxylic acid groups (broad SMARTS) is 1. The highest BCUT2D eigenvalue weighted by atomic mass is 16.5. The molecule has 1 aromatic heterocycles. The molecule has 6 N–H and O–H groups in total.